The van der Waals surface area contributed by atoms with Gasteiger partial charge in [0, 0.05) is 36.5 Å². The molecule has 6 nitrogen and oxygen atoms in total. The second-order valence-corrected chi connectivity index (χ2v) is 7.32. The summed E-state index contributed by atoms with van der Waals surface area (Å²) in [4.78, 5) is 11.7. The van der Waals surface area contributed by atoms with E-state index < -0.39 is 0 Å². The fraction of sp³-hybridized carbons (Fsp3) is 0.273. The molecule has 7 heteroatoms. The number of hydrogen-bond acceptors (Lipinski definition) is 3. The number of nitrogens with one attached hydrogen (secondary N) is 2. The zero-order valence-corrected chi connectivity index (χ0v) is 18.0. The van der Waals surface area contributed by atoms with Gasteiger partial charge in [-0.2, -0.15) is 5.10 Å². The van der Waals surface area contributed by atoms with Crippen LogP contribution in [0.4, 0.5) is 10.5 Å². The lowest BCUT2D eigenvalue weighted by Crippen LogP contribution is -2.25. The van der Waals surface area contributed by atoms with E-state index in [-0.39, 0.29) is 6.03 Å². The van der Waals surface area contributed by atoms with Gasteiger partial charge in [0.2, 0.25) is 0 Å². The molecule has 0 bridgehead atoms. The van der Waals surface area contributed by atoms with Crippen molar-refractivity contribution in [1.82, 2.24) is 15.1 Å². The van der Waals surface area contributed by atoms with E-state index in [9.17, 15) is 4.79 Å². The van der Waals surface area contributed by atoms with Gasteiger partial charge in [0.25, 0.3) is 0 Å². The Morgan fingerprint density at radius 1 is 1.17 bits per heavy atom. The van der Waals surface area contributed by atoms with Gasteiger partial charge in [0.15, 0.2) is 0 Å². The van der Waals surface area contributed by atoms with Crippen LogP contribution in [0.3, 0.4) is 0 Å². The number of carbonyl (C=O) groups is 1. The molecule has 1 aromatic heterocycles. The number of benzene rings is 2. The number of amides is 2. The number of rotatable bonds is 5. The van der Waals surface area contributed by atoms with Gasteiger partial charge in [-0.3, -0.25) is 4.68 Å². The van der Waals surface area contributed by atoms with Crippen molar-refractivity contribution in [3.63, 3.8) is 0 Å². The van der Waals surface area contributed by atoms with Crippen molar-refractivity contribution in [3.8, 4) is 17.0 Å². The van der Waals surface area contributed by atoms with Crippen LogP contribution in [0.5, 0.6) is 5.75 Å². The van der Waals surface area contributed by atoms with E-state index in [4.69, 9.17) is 16.3 Å². The van der Waals surface area contributed by atoms with Crippen LogP contribution in [-0.2, 0) is 13.7 Å². The highest BCUT2D eigenvalue weighted by atomic mass is 35.5. The van der Waals surface area contributed by atoms with Crippen LogP contribution in [0.15, 0.2) is 36.4 Å². The molecular weight excluding hydrogens is 388 g/mol. The van der Waals surface area contributed by atoms with E-state index >= 15 is 0 Å². The highest BCUT2D eigenvalue weighted by molar-refractivity contribution is 6.30. The highest BCUT2D eigenvalue weighted by Gasteiger charge is 2.14. The van der Waals surface area contributed by atoms with Crippen LogP contribution < -0.4 is 15.4 Å². The third kappa shape index (κ3) is 4.38. The molecule has 29 heavy (non-hydrogen) atoms. The molecule has 1 heterocycles. The normalized spacial score (nSPS) is 10.7. The Morgan fingerprint density at radius 2 is 1.93 bits per heavy atom. The lowest BCUT2D eigenvalue weighted by atomic mass is 10.1. The quantitative estimate of drug-likeness (QED) is 0.619. The molecule has 0 radical (unpaired) electrons. The first kappa shape index (κ1) is 20.7. The number of aryl methyl sites for hydroxylation is 3. The highest BCUT2D eigenvalue weighted by Crippen LogP contribution is 2.31. The first-order valence-electron chi connectivity index (χ1n) is 9.32. The molecule has 2 aromatic carbocycles. The summed E-state index contributed by atoms with van der Waals surface area (Å²) in [6.45, 7) is 6.31. The Bertz CT molecular complexity index is 1060. The van der Waals surface area contributed by atoms with Crippen molar-refractivity contribution in [1.29, 1.82) is 0 Å². The predicted molar refractivity (Wildman–Crippen MR) is 117 cm³/mol. The summed E-state index contributed by atoms with van der Waals surface area (Å²) in [6, 6.07) is 11.5. The summed E-state index contributed by atoms with van der Waals surface area (Å²) in [6.07, 6.45) is 0. The summed E-state index contributed by atoms with van der Waals surface area (Å²) in [5.74, 6) is 0.780. The number of halogens is 1. The van der Waals surface area contributed by atoms with Gasteiger partial charge in [-0.25, -0.2) is 4.79 Å². The molecule has 0 atom stereocenters. The van der Waals surface area contributed by atoms with Crippen LogP contribution in [0.1, 0.15) is 22.3 Å². The van der Waals surface area contributed by atoms with Gasteiger partial charge in [0.1, 0.15) is 17.5 Å². The maximum absolute atomic E-state index is 11.7. The molecule has 0 aliphatic carbocycles. The van der Waals surface area contributed by atoms with E-state index in [1.54, 1.807) is 11.7 Å². The minimum atomic E-state index is -0.262. The van der Waals surface area contributed by atoms with E-state index in [2.05, 4.69) is 15.7 Å². The molecular formula is C22H25ClN4O2. The maximum Gasteiger partial charge on any atom is 0.318 e. The van der Waals surface area contributed by atoms with Crippen LogP contribution in [-0.4, -0.2) is 22.9 Å². The molecule has 0 saturated heterocycles. The number of carbonyl (C=O) groups excluding carboxylic acids is 1. The van der Waals surface area contributed by atoms with Crippen molar-refractivity contribution in [2.24, 2.45) is 7.05 Å². The minimum Gasteiger partial charge on any atom is -0.489 e. The van der Waals surface area contributed by atoms with Gasteiger partial charge in [-0.05, 0) is 56.2 Å². The minimum absolute atomic E-state index is 0.262. The average Bonchev–Trinajstić information content (AvgIpc) is 2.95. The van der Waals surface area contributed by atoms with E-state index in [0.29, 0.717) is 11.8 Å². The Labute approximate surface area is 175 Å². The monoisotopic (exact) mass is 412 g/mol. The van der Waals surface area contributed by atoms with Gasteiger partial charge < -0.3 is 15.4 Å². The molecule has 0 unspecified atom stereocenters. The standard InChI is InChI=1S/C22H25ClN4O2/c1-13-7-6-8-18(25-22(28)24-4)17(13)12-29-19-10-9-16(11-14(19)2)20-15(3)21(23)27(5)26-20/h6-11H,12H2,1-5H3,(H2,24,25,28). The van der Waals surface area contributed by atoms with Crippen molar-refractivity contribution in [2.45, 2.75) is 27.4 Å². The second-order valence-electron chi connectivity index (χ2n) is 6.96. The number of urea groups is 1. The summed E-state index contributed by atoms with van der Waals surface area (Å²) in [5, 5.41) is 10.5. The average molecular weight is 413 g/mol. The van der Waals surface area contributed by atoms with Crippen molar-refractivity contribution >= 4 is 23.3 Å². The number of hydrogen-bond donors (Lipinski definition) is 2. The Hall–Kier alpha value is -2.99. The summed E-state index contributed by atoms with van der Waals surface area (Å²) < 4.78 is 7.76. The smallest absolute Gasteiger partial charge is 0.318 e. The molecule has 3 aromatic rings. The zero-order valence-electron chi connectivity index (χ0n) is 17.3. The lowest BCUT2D eigenvalue weighted by molar-refractivity contribution is 0.254. The van der Waals surface area contributed by atoms with Crippen LogP contribution >= 0.6 is 11.6 Å². The SMILES string of the molecule is CNC(=O)Nc1cccc(C)c1COc1ccc(-c2nn(C)c(Cl)c2C)cc1C. The number of aromatic nitrogens is 2. The third-order valence-corrected chi connectivity index (χ3v) is 5.43. The largest absolute Gasteiger partial charge is 0.489 e. The molecule has 2 N–H and O–H groups in total. The molecule has 0 aliphatic heterocycles. The van der Waals surface area contributed by atoms with Crippen LogP contribution in [0.25, 0.3) is 11.3 Å². The van der Waals surface area contributed by atoms with Crippen molar-refractivity contribution in [3.05, 3.63) is 63.8 Å². The second kappa shape index (κ2) is 8.57. The molecule has 3 rings (SSSR count). The Kier molecular flexibility index (Phi) is 6.13. The lowest BCUT2D eigenvalue weighted by Gasteiger charge is -2.16. The molecule has 0 spiro atoms. The number of nitrogens with zero attached hydrogens (tertiary/aromatic N) is 2. The maximum atomic E-state index is 11.7. The molecule has 0 aliphatic rings. The first-order valence-corrected chi connectivity index (χ1v) is 9.69. The summed E-state index contributed by atoms with van der Waals surface area (Å²) in [5.41, 5.74) is 6.53. The molecule has 0 saturated carbocycles. The van der Waals surface area contributed by atoms with E-state index in [1.165, 1.54) is 0 Å². The van der Waals surface area contributed by atoms with Crippen LogP contribution in [0.2, 0.25) is 5.15 Å². The zero-order chi connectivity index (χ0) is 21.1. The van der Waals surface area contributed by atoms with Crippen molar-refractivity contribution < 1.29 is 9.53 Å². The number of anilines is 1. The van der Waals surface area contributed by atoms with Gasteiger partial charge in [0.05, 0.1) is 5.69 Å². The molecule has 0 fully saturated rings. The van der Waals surface area contributed by atoms with Crippen molar-refractivity contribution in [2.75, 3.05) is 12.4 Å². The Morgan fingerprint density at radius 3 is 2.55 bits per heavy atom. The van der Waals surface area contributed by atoms with E-state index in [1.807, 2.05) is 64.2 Å². The third-order valence-electron chi connectivity index (χ3n) is 4.90. The van der Waals surface area contributed by atoms with E-state index in [0.717, 1.165) is 44.9 Å². The summed E-state index contributed by atoms with van der Waals surface area (Å²) >= 11 is 6.25. The van der Waals surface area contributed by atoms with Gasteiger partial charge in [-0.15, -0.1) is 0 Å². The predicted octanol–water partition coefficient (Wildman–Crippen LogP) is 5.00. The molecule has 2 amide bonds. The van der Waals surface area contributed by atoms with Crippen LogP contribution in [0, 0.1) is 20.8 Å². The number of ether oxygens (including phenoxy) is 1. The fourth-order valence-electron chi connectivity index (χ4n) is 3.19. The fourth-order valence-corrected chi connectivity index (χ4v) is 3.32. The summed E-state index contributed by atoms with van der Waals surface area (Å²) in [7, 11) is 3.42. The van der Waals surface area contributed by atoms with Gasteiger partial charge >= 0.3 is 6.03 Å². The Balaban J connectivity index is 1.82. The topological polar surface area (TPSA) is 68.2 Å². The van der Waals surface area contributed by atoms with Gasteiger partial charge in [-0.1, -0.05) is 23.7 Å². The molecule has 152 valence electrons. The first-order chi connectivity index (χ1) is 13.8.